The number of aliphatic imine (C=N–C) groups is 1. The van der Waals surface area contributed by atoms with Crippen LogP contribution in [0.5, 0.6) is 0 Å². The molecule has 0 bridgehead atoms. The van der Waals surface area contributed by atoms with Gasteiger partial charge in [-0.2, -0.15) is 0 Å². The lowest BCUT2D eigenvalue weighted by atomic mass is 9.72. The predicted octanol–water partition coefficient (Wildman–Crippen LogP) is 7.60. The van der Waals surface area contributed by atoms with E-state index in [1.807, 2.05) is 24.3 Å². The lowest BCUT2D eigenvalue weighted by Gasteiger charge is -2.45. The summed E-state index contributed by atoms with van der Waals surface area (Å²) in [6.45, 7) is 0. The zero-order valence-electron chi connectivity index (χ0n) is 24.1. The number of esters is 1. The molecule has 3 unspecified atom stereocenters. The van der Waals surface area contributed by atoms with E-state index in [0.717, 1.165) is 55.0 Å². The van der Waals surface area contributed by atoms with E-state index < -0.39 is 0 Å². The molecule has 0 amide bonds. The largest absolute Gasteiger partial charge is 0.463 e. The molecule has 2 aromatic carbocycles. The summed E-state index contributed by atoms with van der Waals surface area (Å²) in [7, 11) is 5.85. The minimum Gasteiger partial charge on any atom is -0.463 e. The number of amidine groups is 1. The molecule has 2 saturated carbocycles. The molecule has 5 rings (SSSR count). The number of carbonyl (C=O) groups excluding carboxylic acids is 1. The normalized spacial score (nSPS) is 26.6. The van der Waals surface area contributed by atoms with Crippen LogP contribution in [0, 0.1) is 11.8 Å². The van der Waals surface area contributed by atoms with Crippen LogP contribution < -0.4 is 0 Å². The van der Waals surface area contributed by atoms with Crippen LogP contribution in [0.4, 0.5) is 0 Å². The molecule has 216 valence electrons. The minimum absolute atomic E-state index is 0.0275. The Hall–Kier alpha value is -2.08. The average molecular weight is 585 g/mol. The van der Waals surface area contributed by atoms with Gasteiger partial charge in [0.1, 0.15) is 0 Å². The smallest absolute Gasteiger partial charge is 0.373 e. The second kappa shape index (κ2) is 13.3. The Kier molecular flexibility index (Phi) is 9.76. The van der Waals surface area contributed by atoms with Crippen molar-refractivity contribution in [1.29, 1.82) is 0 Å². The van der Waals surface area contributed by atoms with Crippen molar-refractivity contribution in [2.45, 2.75) is 88.4 Å². The fourth-order valence-electron chi connectivity index (χ4n) is 7.68. The van der Waals surface area contributed by atoms with Crippen molar-refractivity contribution in [3.8, 4) is 0 Å². The van der Waals surface area contributed by atoms with E-state index in [9.17, 15) is 4.79 Å². The number of carbonyl (C=O) groups is 1. The van der Waals surface area contributed by atoms with Gasteiger partial charge in [-0.3, -0.25) is 4.99 Å². The molecule has 0 aromatic heterocycles. The van der Waals surface area contributed by atoms with E-state index in [0.29, 0.717) is 29.8 Å². The van der Waals surface area contributed by atoms with Crippen molar-refractivity contribution in [2.75, 3.05) is 21.2 Å². The molecule has 3 aliphatic rings. The van der Waals surface area contributed by atoms with Crippen molar-refractivity contribution in [3.63, 3.8) is 0 Å². The topological polar surface area (TPSA) is 45.1 Å². The Labute approximate surface area is 249 Å². The van der Waals surface area contributed by atoms with Gasteiger partial charge >= 0.3 is 5.97 Å². The van der Waals surface area contributed by atoms with E-state index in [1.165, 1.54) is 37.5 Å². The Bertz CT molecular complexity index is 1150. The van der Waals surface area contributed by atoms with Crippen LogP contribution in [0.3, 0.4) is 0 Å². The Morgan fingerprint density at radius 2 is 1.52 bits per heavy atom. The summed E-state index contributed by atoms with van der Waals surface area (Å²) in [5.74, 6) is 1.31. The zero-order valence-corrected chi connectivity index (χ0v) is 25.6. The molecule has 1 aliphatic heterocycles. The van der Waals surface area contributed by atoms with Crippen molar-refractivity contribution in [1.82, 2.24) is 9.80 Å². The fraction of sp³-hybridized carbons (Fsp3) is 0.576. The monoisotopic (exact) mass is 583 g/mol. The third-order valence-electron chi connectivity index (χ3n) is 9.46. The highest BCUT2D eigenvalue weighted by molar-refractivity contribution is 6.36. The molecular formula is C33H43Cl2N3O2. The van der Waals surface area contributed by atoms with Gasteiger partial charge in [0.15, 0.2) is 0 Å². The molecule has 0 N–H and O–H groups in total. The molecular weight excluding hydrogens is 541 g/mol. The first-order valence-electron chi connectivity index (χ1n) is 15.0. The quantitative estimate of drug-likeness (QED) is 0.300. The number of ether oxygens (including phenoxy) is 1. The number of halogens is 2. The average Bonchev–Trinajstić information content (AvgIpc) is 3.34. The van der Waals surface area contributed by atoms with Crippen molar-refractivity contribution in [2.24, 2.45) is 16.8 Å². The van der Waals surface area contributed by atoms with Crippen LogP contribution in [-0.4, -0.2) is 60.9 Å². The summed E-state index contributed by atoms with van der Waals surface area (Å²) in [6.07, 6.45) is 11.3. The first-order chi connectivity index (χ1) is 19.4. The standard InChI is InChI=1S/C33H43Cl2N3O2/c1-37(2)30(24-15-19-27(35)20-16-24)23-11-13-25(14-12-23)31-29(21-22-9-17-26(34)18-10-22)36-32(33(39)40-3)38(31)28-7-5-4-6-8-28/h9-10,15-20,23,25,28-31H,4-8,11-14,21H2,1-3H3. The first kappa shape index (κ1) is 29.4. The molecule has 2 aliphatic carbocycles. The van der Waals surface area contributed by atoms with Gasteiger partial charge in [-0.1, -0.05) is 66.7 Å². The second-order valence-electron chi connectivity index (χ2n) is 12.2. The summed E-state index contributed by atoms with van der Waals surface area (Å²) >= 11 is 12.4. The molecule has 7 heteroatoms. The highest BCUT2D eigenvalue weighted by atomic mass is 35.5. The lowest BCUT2D eigenvalue weighted by Crippen LogP contribution is -2.53. The lowest BCUT2D eigenvalue weighted by molar-refractivity contribution is -0.133. The van der Waals surface area contributed by atoms with E-state index >= 15 is 0 Å². The predicted molar refractivity (Wildman–Crippen MR) is 164 cm³/mol. The molecule has 3 atom stereocenters. The van der Waals surface area contributed by atoms with Gasteiger partial charge in [0.2, 0.25) is 5.84 Å². The minimum atomic E-state index is -0.293. The highest BCUT2D eigenvalue weighted by Crippen LogP contribution is 2.44. The van der Waals surface area contributed by atoms with Gasteiger partial charge in [0, 0.05) is 22.1 Å². The first-order valence-corrected chi connectivity index (χ1v) is 15.7. The molecule has 40 heavy (non-hydrogen) atoms. The summed E-state index contributed by atoms with van der Waals surface area (Å²) in [4.78, 5) is 23.0. The van der Waals surface area contributed by atoms with Gasteiger partial charge in [-0.15, -0.1) is 0 Å². The SMILES string of the molecule is COC(=O)C1=NC(Cc2ccc(Cl)cc2)C(C2CCC(C(c3ccc(Cl)cc3)N(C)C)CC2)N1C1CCCCC1. The van der Waals surface area contributed by atoms with Crippen LogP contribution in [0.15, 0.2) is 53.5 Å². The molecule has 0 saturated heterocycles. The number of hydrogen-bond donors (Lipinski definition) is 0. The van der Waals surface area contributed by atoms with Gasteiger partial charge in [-0.05, 0) is 106 Å². The van der Waals surface area contributed by atoms with E-state index in [4.69, 9.17) is 32.9 Å². The van der Waals surface area contributed by atoms with Crippen molar-refractivity contribution in [3.05, 3.63) is 69.7 Å². The van der Waals surface area contributed by atoms with Gasteiger partial charge in [0.25, 0.3) is 0 Å². The summed E-state index contributed by atoms with van der Waals surface area (Å²) in [5.41, 5.74) is 2.54. The zero-order chi connectivity index (χ0) is 28.2. The number of nitrogens with zero attached hydrogens (tertiary/aromatic N) is 3. The summed E-state index contributed by atoms with van der Waals surface area (Å²) < 4.78 is 5.29. The second-order valence-corrected chi connectivity index (χ2v) is 13.0. The summed E-state index contributed by atoms with van der Waals surface area (Å²) in [6, 6.07) is 17.4. The Balaban J connectivity index is 1.40. The van der Waals surface area contributed by atoms with Crippen LogP contribution in [0.25, 0.3) is 0 Å². The number of methoxy groups -OCH3 is 1. The van der Waals surface area contributed by atoms with Crippen molar-refractivity contribution >= 4 is 35.0 Å². The van der Waals surface area contributed by atoms with Crippen LogP contribution in [0.2, 0.25) is 10.0 Å². The highest BCUT2D eigenvalue weighted by Gasteiger charge is 2.47. The fourth-order valence-corrected chi connectivity index (χ4v) is 7.93. The third kappa shape index (κ3) is 6.53. The number of hydrogen-bond acceptors (Lipinski definition) is 5. The van der Waals surface area contributed by atoms with Gasteiger partial charge < -0.3 is 14.5 Å². The molecule has 0 spiro atoms. The molecule has 0 radical (unpaired) electrons. The third-order valence-corrected chi connectivity index (χ3v) is 9.96. The Morgan fingerprint density at radius 3 is 2.10 bits per heavy atom. The summed E-state index contributed by atoms with van der Waals surface area (Å²) in [5, 5.41) is 1.52. The number of rotatable bonds is 8. The van der Waals surface area contributed by atoms with Crippen LogP contribution in [0.1, 0.15) is 75.0 Å². The number of benzene rings is 2. The Morgan fingerprint density at radius 1 is 0.925 bits per heavy atom. The maximum Gasteiger partial charge on any atom is 0.373 e. The van der Waals surface area contributed by atoms with Crippen molar-refractivity contribution < 1.29 is 9.53 Å². The maximum absolute atomic E-state index is 13.1. The van der Waals surface area contributed by atoms with E-state index in [2.05, 4.69) is 48.2 Å². The molecule has 5 nitrogen and oxygen atoms in total. The molecule has 1 heterocycles. The van der Waals surface area contributed by atoms with Gasteiger partial charge in [0.05, 0.1) is 19.2 Å². The molecule has 2 fully saturated rings. The van der Waals surface area contributed by atoms with Gasteiger partial charge in [-0.25, -0.2) is 4.79 Å². The van der Waals surface area contributed by atoms with Crippen LogP contribution >= 0.6 is 23.2 Å². The maximum atomic E-state index is 13.1. The molecule has 2 aromatic rings. The van der Waals surface area contributed by atoms with E-state index in [1.54, 1.807) is 0 Å². The van der Waals surface area contributed by atoms with E-state index in [-0.39, 0.29) is 18.1 Å². The van der Waals surface area contributed by atoms with Crippen LogP contribution in [-0.2, 0) is 16.0 Å².